The second-order valence-corrected chi connectivity index (χ2v) is 8.54. The molecule has 1 aliphatic heterocycles. The Kier molecular flexibility index (Phi) is 8.52. The van der Waals surface area contributed by atoms with Crippen LogP contribution in [0, 0.1) is 0 Å². The standard InChI is InChI=1S/C25H32N2O5S/c1-5-26(6-2)13-14-27-22(20-10-9-15-33-20)21(24(29)25(27)30)23(28)18-12-11-17(31-7-3)16-19(18)32-8-4/h9-12,15-16,22,28H,5-8,13-14H2,1-4H3/b23-21-. The van der Waals surface area contributed by atoms with Crippen LogP contribution >= 0.6 is 11.3 Å². The van der Waals surface area contributed by atoms with Crippen molar-refractivity contribution in [2.24, 2.45) is 0 Å². The van der Waals surface area contributed by atoms with Crippen LogP contribution in [0.1, 0.15) is 44.2 Å². The van der Waals surface area contributed by atoms with E-state index < -0.39 is 17.7 Å². The number of hydrogen-bond acceptors (Lipinski definition) is 7. The molecule has 0 saturated carbocycles. The highest BCUT2D eigenvalue weighted by Crippen LogP contribution is 2.42. The number of likely N-dealkylation sites (tertiary alicyclic amines) is 1. The molecule has 2 aromatic rings. The first-order valence-electron chi connectivity index (χ1n) is 11.4. The molecule has 1 atom stereocenters. The van der Waals surface area contributed by atoms with Crippen molar-refractivity contribution in [3.05, 3.63) is 51.7 Å². The molecular weight excluding hydrogens is 440 g/mol. The van der Waals surface area contributed by atoms with Gasteiger partial charge in [-0.3, -0.25) is 9.59 Å². The average molecular weight is 473 g/mol. The van der Waals surface area contributed by atoms with Crippen LogP contribution < -0.4 is 9.47 Å². The molecule has 1 unspecified atom stereocenters. The van der Waals surface area contributed by atoms with Gasteiger partial charge in [-0.25, -0.2) is 0 Å². The molecule has 1 aromatic carbocycles. The van der Waals surface area contributed by atoms with E-state index in [2.05, 4.69) is 18.7 Å². The summed E-state index contributed by atoms with van der Waals surface area (Å²) in [6.07, 6.45) is 0. The topological polar surface area (TPSA) is 79.3 Å². The Morgan fingerprint density at radius 2 is 1.82 bits per heavy atom. The van der Waals surface area contributed by atoms with E-state index in [1.54, 1.807) is 23.1 Å². The summed E-state index contributed by atoms with van der Waals surface area (Å²) in [5.41, 5.74) is 0.454. The fourth-order valence-corrected chi connectivity index (χ4v) is 4.86. The van der Waals surface area contributed by atoms with Gasteiger partial charge >= 0.3 is 0 Å². The summed E-state index contributed by atoms with van der Waals surface area (Å²) in [6, 6.07) is 8.21. The molecule has 7 nitrogen and oxygen atoms in total. The van der Waals surface area contributed by atoms with Crippen molar-refractivity contribution in [1.82, 2.24) is 9.80 Å². The highest BCUT2D eigenvalue weighted by molar-refractivity contribution is 7.10. The molecule has 0 radical (unpaired) electrons. The number of benzene rings is 1. The van der Waals surface area contributed by atoms with Crippen LogP contribution in [0.25, 0.3) is 5.76 Å². The Bertz CT molecular complexity index is 998. The van der Waals surface area contributed by atoms with Gasteiger partial charge in [0.15, 0.2) is 0 Å². The van der Waals surface area contributed by atoms with E-state index in [9.17, 15) is 14.7 Å². The lowest BCUT2D eigenvalue weighted by atomic mass is 9.99. The molecule has 33 heavy (non-hydrogen) atoms. The summed E-state index contributed by atoms with van der Waals surface area (Å²) < 4.78 is 11.3. The number of hydrogen-bond donors (Lipinski definition) is 1. The number of carbonyl (C=O) groups is 2. The van der Waals surface area contributed by atoms with Crippen molar-refractivity contribution in [2.75, 3.05) is 39.4 Å². The summed E-state index contributed by atoms with van der Waals surface area (Å²) in [4.78, 5) is 30.8. The number of carbonyl (C=O) groups excluding carboxylic acids is 2. The smallest absolute Gasteiger partial charge is 0.295 e. The van der Waals surface area contributed by atoms with Gasteiger partial charge in [0.25, 0.3) is 11.7 Å². The van der Waals surface area contributed by atoms with Gasteiger partial charge in [0.1, 0.15) is 17.3 Å². The summed E-state index contributed by atoms with van der Waals surface area (Å²) >= 11 is 1.46. The number of amides is 1. The monoisotopic (exact) mass is 472 g/mol. The summed E-state index contributed by atoms with van der Waals surface area (Å²) in [7, 11) is 0. The minimum Gasteiger partial charge on any atom is -0.507 e. The molecule has 1 amide bonds. The fraction of sp³-hybridized carbons (Fsp3) is 0.440. The number of likely N-dealkylation sites (N-methyl/N-ethyl adjacent to an activating group) is 1. The van der Waals surface area contributed by atoms with Crippen LogP contribution in [-0.2, 0) is 9.59 Å². The number of ether oxygens (including phenoxy) is 2. The lowest BCUT2D eigenvalue weighted by molar-refractivity contribution is -0.140. The van der Waals surface area contributed by atoms with E-state index >= 15 is 0 Å². The zero-order valence-electron chi connectivity index (χ0n) is 19.7. The lowest BCUT2D eigenvalue weighted by Gasteiger charge is -2.27. The van der Waals surface area contributed by atoms with Crippen LogP contribution in [-0.4, -0.2) is 66.0 Å². The number of aliphatic hydroxyl groups excluding tert-OH is 1. The van der Waals surface area contributed by atoms with Crippen molar-refractivity contribution in [2.45, 2.75) is 33.7 Å². The van der Waals surface area contributed by atoms with Crippen molar-refractivity contribution >= 4 is 28.8 Å². The Morgan fingerprint density at radius 3 is 2.42 bits per heavy atom. The number of rotatable bonds is 11. The Hall–Kier alpha value is -2.84. The molecule has 1 aromatic heterocycles. The molecule has 0 spiro atoms. The van der Waals surface area contributed by atoms with Crippen LogP contribution in [0.4, 0.5) is 0 Å². The highest BCUT2D eigenvalue weighted by atomic mass is 32.1. The predicted octanol–water partition coefficient (Wildman–Crippen LogP) is 4.31. The Morgan fingerprint density at radius 1 is 1.09 bits per heavy atom. The number of thiophene rings is 1. The summed E-state index contributed by atoms with van der Waals surface area (Å²) in [5, 5.41) is 13.3. The van der Waals surface area contributed by atoms with Gasteiger partial charge in [-0.05, 0) is 50.5 Å². The van der Waals surface area contributed by atoms with Gasteiger partial charge in [-0.1, -0.05) is 19.9 Å². The van der Waals surface area contributed by atoms with E-state index in [-0.39, 0.29) is 11.3 Å². The molecule has 8 heteroatoms. The number of Topliss-reactive ketones (excluding diaryl/α,β-unsaturated/α-hetero) is 1. The lowest BCUT2D eigenvalue weighted by Crippen LogP contribution is -2.37. The fourth-order valence-electron chi connectivity index (χ4n) is 4.02. The molecular formula is C25H32N2O5S. The zero-order chi connectivity index (χ0) is 24.0. The average Bonchev–Trinajstić information content (AvgIpc) is 3.42. The molecule has 1 N–H and O–H groups in total. The van der Waals surface area contributed by atoms with Gasteiger partial charge in [0.05, 0.1) is 30.4 Å². The minimum atomic E-state index is -0.679. The van der Waals surface area contributed by atoms with Crippen molar-refractivity contribution < 1.29 is 24.2 Å². The molecule has 0 bridgehead atoms. The maximum Gasteiger partial charge on any atom is 0.295 e. The number of ketones is 1. The van der Waals surface area contributed by atoms with Gasteiger partial charge < -0.3 is 24.4 Å². The third-order valence-electron chi connectivity index (χ3n) is 5.72. The Labute approximate surface area is 199 Å². The van der Waals surface area contributed by atoms with Gasteiger partial charge in [0, 0.05) is 24.0 Å². The third-order valence-corrected chi connectivity index (χ3v) is 6.65. The van der Waals surface area contributed by atoms with Gasteiger partial charge in [-0.2, -0.15) is 0 Å². The van der Waals surface area contributed by atoms with Crippen LogP contribution in [0.15, 0.2) is 41.3 Å². The van der Waals surface area contributed by atoms with Crippen molar-refractivity contribution in [3.63, 3.8) is 0 Å². The summed E-state index contributed by atoms with van der Waals surface area (Å²) in [6.45, 7) is 11.5. The molecule has 1 saturated heterocycles. The van der Waals surface area contributed by atoms with Gasteiger partial charge in [-0.15, -0.1) is 11.3 Å². The first kappa shape index (κ1) is 24.8. The normalized spacial score (nSPS) is 17.7. The van der Waals surface area contributed by atoms with Gasteiger partial charge in [0.2, 0.25) is 0 Å². The summed E-state index contributed by atoms with van der Waals surface area (Å²) in [5.74, 6) is -0.497. The van der Waals surface area contributed by atoms with Crippen molar-refractivity contribution in [1.29, 1.82) is 0 Å². The SMILES string of the molecule is CCOc1ccc(/C(O)=C2/C(=O)C(=O)N(CCN(CC)CC)C2c2cccs2)c(OCC)c1. The zero-order valence-corrected chi connectivity index (χ0v) is 20.5. The quantitative estimate of drug-likeness (QED) is 0.298. The largest absolute Gasteiger partial charge is 0.507 e. The Balaban J connectivity index is 2.09. The molecule has 178 valence electrons. The number of aliphatic hydroxyl groups is 1. The maximum atomic E-state index is 13.2. The molecule has 0 aliphatic carbocycles. The predicted molar refractivity (Wildman–Crippen MR) is 130 cm³/mol. The van der Waals surface area contributed by atoms with Crippen LogP contribution in [0.5, 0.6) is 11.5 Å². The minimum absolute atomic E-state index is 0.0899. The van der Waals surface area contributed by atoms with E-state index in [0.717, 1.165) is 18.0 Å². The molecule has 1 fully saturated rings. The highest BCUT2D eigenvalue weighted by Gasteiger charge is 2.46. The second kappa shape index (κ2) is 11.3. The number of nitrogens with zero attached hydrogens (tertiary/aromatic N) is 2. The molecule has 1 aliphatic rings. The molecule has 2 heterocycles. The third kappa shape index (κ3) is 5.23. The van der Waals surface area contributed by atoms with E-state index in [1.165, 1.54) is 11.3 Å². The van der Waals surface area contributed by atoms with Crippen LogP contribution in [0.2, 0.25) is 0 Å². The first-order valence-corrected chi connectivity index (χ1v) is 12.3. The van der Waals surface area contributed by atoms with Crippen molar-refractivity contribution in [3.8, 4) is 11.5 Å². The maximum absolute atomic E-state index is 13.2. The molecule has 3 rings (SSSR count). The van der Waals surface area contributed by atoms with E-state index in [4.69, 9.17) is 9.47 Å². The second-order valence-electron chi connectivity index (χ2n) is 7.56. The first-order chi connectivity index (χ1) is 16.0. The van der Waals surface area contributed by atoms with E-state index in [1.807, 2.05) is 31.4 Å². The van der Waals surface area contributed by atoms with Crippen LogP contribution in [0.3, 0.4) is 0 Å². The van der Waals surface area contributed by atoms with E-state index in [0.29, 0.717) is 43.4 Å².